The van der Waals surface area contributed by atoms with Gasteiger partial charge in [-0.25, -0.2) is 4.21 Å². The molecule has 178 valence electrons. The van der Waals surface area contributed by atoms with Crippen molar-refractivity contribution in [2.75, 3.05) is 19.4 Å². The smallest absolute Gasteiger partial charge is 0.428 e. The average Bonchev–Trinajstić information content (AvgIpc) is 3.31. The van der Waals surface area contributed by atoms with Gasteiger partial charge < -0.3 is 25.1 Å². The van der Waals surface area contributed by atoms with E-state index in [1.165, 1.54) is 37.2 Å². The number of furan rings is 1. The molecule has 1 aliphatic heterocycles. The summed E-state index contributed by atoms with van der Waals surface area (Å²) in [6, 6.07) is 5.79. The summed E-state index contributed by atoms with van der Waals surface area (Å²) in [4.78, 5) is 12.1. The van der Waals surface area contributed by atoms with Gasteiger partial charge >= 0.3 is 6.18 Å². The Kier molecular flexibility index (Phi) is 6.86. The lowest BCUT2D eigenvalue weighted by atomic mass is 10.1. The number of alkyl halides is 3. The third-order valence-electron chi connectivity index (χ3n) is 4.77. The molecule has 0 fully saturated rings. The second-order valence-electron chi connectivity index (χ2n) is 7.77. The molecule has 0 saturated heterocycles. The predicted octanol–water partition coefficient (Wildman–Crippen LogP) is 3.86. The van der Waals surface area contributed by atoms with Crippen molar-refractivity contribution in [2.45, 2.75) is 32.5 Å². The Hall–Kier alpha value is -3.28. The number of halogens is 3. The van der Waals surface area contributed by atoms with Crippen molar-refractivity contribution in [1.82, 2.24) is 10.2 Å². The van der Waals surface area contributed by atoms with Crippen LogP contribution in [0.15, 0.2) is 49.9 Å². The second kappa shape index (κ2) is 9.30. The van der Waals surface area contributed by atoms with Crippen LogP contribution in [0.3, 0.4) is 0 Å². The van der Waals surface area contributed by atoms with Gasteiger partial charge in [-0.05, 0) is 29.7 Å². The molecule has 33 heavy (non-hydrogen) atoms. The third kappa shape index (κ3) is 5.21. The van der Waals surface area contributed by atoms with Crippen LogP contribution in [0, 0.1) is 0 Å². The van der Waals surface area contributed by atoms with Crippen molar-refractivity contribution >= 4 is 28.4 Å². The second-order valence-corrected chi connectivity index (χ2v) is 8.86. The maximum absolute atomic E-state index is 13.7. The number of hydrogen-bond donors (Lipinski definition) is 3. The first-order valence-electron chi connectivity index (χ1n) is 9.84. The van der Waals surface area contributed by atoms with Crippen molar-refractivity contribution in [2.24, 2.45) is 4.40 Å². The Morgan fingerprint density at radius 1 is 1.30 bits per heavy atom. The molecule has 8 nitrogen and oxygen atoms in total. The normalized spacial score (nSPS) is 16.2. The van der Waals surface area contributed by atoms with Crippen molar-refractivity contribution in [3.8, 4) is 5.75 Å². The quantitative estimate of drug-likeness (QED) is 0.538. The minimum absolute atomic E-state index is 0.00971. The largest absolute Gasteiger partial charge is 0.505 e. The van der Waals surface area contributed by atoms with Gasteiger partial charge in [-0.2, -0.15) is 17.6 Å². The van der Waals surface area contributed by atoms with E-state index in [0.29, 0.717) is 5.76 Å². The van der Waals surface area contributed by atoms with Crippen molar-refractivity contribution in [1.29, 1.82) is 0 Å². The number of benzene rings is 1. The van der Waals surface area contributed by atoms with Crippen LogP contribution in [0.25, 0.3) is 0 Å². The van der Waals surface area contributed by atoms with E-state index in [0.717, 1.165) is 5.56 Å². The van der Waals surface area contributed by atoms with Gasteiger partial charge in [0.2, 0.25) is 0 Å². The number of phenols is 1. The van der Waals surface area contributed by atoms with Crippen LogP contribution >= 0.6 is 0 Å². The molecular formula is C21H23F3N4O4S. The fourth-order valence-electron chi connectivity index (χ4n) is 3.00. The predicted molar refractivity (Wildman–Crippen MR) is 118 cm³/mol. The Morgan fingerprint density at radius 3 is 2.58 bits per heavy atom. The number of anilines is 1. The number of phenolic OH excluding ortho intramolecular Hbond substituents is 1. The lowest BCUT2D eigenvalue weighted by Gasteiger charge is -2.17. The van der Waals surface area contributed by atoms with E-state index in [4.69, 9.17) is 4.42 Å². The third-order valence-corrected chi connectivity index (χ3v) is 5.91. The van der Waals surface area contributed by atoms with Gasteiger partial charge in [0, 0.05) is 14.1 Å². The number of nitrogens with zero attached hydrogens (tertiary/aromatic N) is 2. The molecule has 3 rings (SSSR count). The molecule has 1 atom stereocenters. The maximum atomic E-state index is 13.7. The molecule has 0 spiro atoms. The first-order chi connectivity index (χ1) is 15.4. The number of carbonyl (C=O) groups is 1. The summed E-state index contributed by atoms with van der Waals surface area (Å²) in [6.45, 7) is 3.92. The summed E-state index contributed by atoms with van der Waals surface area (Å²) < 4.78 is 62.2. The van der Waals surface area contributed by atoms with E-state index in [1.807, 2.05) is 13.8 Å². The maximum Gasteiger partial charge on any atom is 0.428 e. The zero-order valence-electron chi connectivity index (χ0n) is 18.3. The summed E-state index contributed by atoms with van der Waals surface area (Å²) in [6.07, 6.45) is -3.40. The monoisotopic (exact) mass is 484 g/mol. The fraction of sp³-hybridized carbons (Fsp3) is 0.333. The van der Waals surface area contributed by atoms with Gasteiger partial charge in [-0.15, -0.1) is 0 Å². The van der Waals surface area contributed by atoms with E-state index < -0.39 is 39.4 Å². The van der Waals surface area contributed by atoms with Gasteiger partial charge in [-0.1, -0.05) is 19.9 Å². The molecule has 1 amide bonds. The van der Waals surface area contributed by atoms with E-state index in [-0.39, 0.29) is 29.5 Å². The van der Waals surface area contributed by atoms with Gasteiger partial charge in [0.1, 0.15) is 11.5 Å². The average molecular weight is 485 g/mol. The topological polar surface area (TPSA) is 107 Å². The van der Waals surface area contributed by atoms with E-state index in [1.54, 1.807) is 12.3 Å². The Labute approximate surface area is 190 Å². The van der Waals surface area contributed by atoms with E-state index in [2.05, 4.69) is 15.0 Å². The molecule has 1 aromatic carbocycles. The van der Waals surface area contributed by atoms with Gasteiger partial charge in [0.05, 0.1) is 24.1 Å². The van der Waals surface area contributed by atoms with Crippen LogP contribution in [0.5, 0.6) is 5.75 Å². The SMILES string of the molecule is CC(C)c1coc(CNC2=NS(=O)C(C(F)(F)F)=C2Nc2cccc(C(=O)N(C)C)c2O)c1. The van der Waals surface area contributed by atoms with Crippen LogP contribution in [0.1, 0.15) is 41.4 Å². The number of hydrogen-bond acceptors (Lipinski definition) is 6. The number of aromatic hydroxyl groups is 1. The first-order valence-corrected chi connectivity index (χ1v) is 10.9. The number of rotatable bonds is 6. The molecule has 0 aliphatic carbocycles. The molecule has 2 heterocycles. The molecule has 1 aromatic heterocycles. The highest BCUT2D eigenvalue weighted by molar-refractivity contribution is 7.88. The fourth-order valence-corrected chi connectivity index (χ4v) is 3.94. The number of allylic oxidation sites excluding steroid dienone is 1. The van der Waals surface area contributed by atoms with E-state index in [9.17, 15) is 27.3 Å². The zero-order chi connectivity index (χ0) is 24.5. The van der Waals surface area contributed by atoms with Crippen molar-refractivity contribution in [3.05, 3.63) is 58.0 Å². The number of nitrogens with one attached hydrogen (secondary N) is 2. The van der Waals surface area contributed by atoms with Crippen LogP contribution in [-0.4, -0.2) is 46.2 Å². The molecule has 12 heteroatoms. The van der Waals surface area contributed by atoms with Gasteiger partial charge in [0.25, 0.3) is 5.91 Å². The van der Waals surface area contributed by atoms with Crippen molar-refractivity contribution in [3.63, 3.8) is 0 Å². The van der Waals surface area contributed by atoms with Gasteiger partial charge in [-0.3, -0.25) is 4.79 Å². The highest BCUT2D eigenvalue weighted by Crippen LogP contribution is 2.37. The highest BCUT2D eigenvalue weighted by Gasteiger charge is 2.46. The summed E-state index contributed by atoms with van der Waals surface area (Å²) in [5.74, 6) is -0.745. The Bertz CT molecular complexity index is 1150. The lowest BCUT2D eigenvalue weighted by Crippen LogP contribution is -2.28. The number of amidine groups is 1. The van der Waals surface area contributed by atoms with Crippen LogP contribution in [-0.2, 0) is 17.5 Å². The minimum Gasteiger partial charge on any atom is -0.505 e. The minimum atomic E-state index is -4.96. The number of para-hydroxylation sites is 1. The molecular weight excluding hydrogens is 461 g/mol. The summed E-state index contributed by atoms with van der Waals surface area (Å²) in [5.41, 5.74) is 0.0246. The standard InChI is InChI=1S/C21H23F3N4O4S/c1-11(2)12-8-13(32-10-12)9-25-19-16(18(21(22,23)24)33(31)27-19)26-15-7-5-6-14(17(15)29)20(30)28(3)4/h5-8,10-11,26,29H,9H2,1-4H3,(H,25,27). The number of amides is 1. The van der Waals surface area contributed by atoms with Crippen LogP contribution in [0.2, 0.25) is 0 Å². The van der Waals surface area contributed by atoms with Crippen LogP contribution in [0.4, 0.5) is 18.9 Å². The molecule has 1 aliphatic rings. The Balaban J connectivity index is 1.94. The number of carbonyl (C=O) groups excluding carboxylic acids is 1. The van der Waals surface area contributed by atoms with E-state index >= 15 is 0 Å². The Morgan fingerprint density at radius 2 is 2.00 bits per heavy atom. The molecule has 0 saturated carbocycles. The molecule has 2 aromatic rings. The van der Waals surface area contributed by atoms with Crippen molar-refractivity contribution < 1.29 is 31.7 Å². The van der Waals surface area contributed by atoms with Crippen LogP contribution < -0.4 is 10.6 Å². The molecule has 1 unspecified atom stereocenters. The summed E-state index contributed by atoms with van der Waals surface area (Å²) in [5, 5.41) is 15.7. The van der Waals surface area contributed by atoms with Gasteiger partial charge in [0.15, 0.2) is 27.5 Å². The highest BCUT2D eigenvalue weighted by atomic mass is 32.2. The lowest BCUT2D eigenvalue weighted by molar-refractivity contribution is -0.0843. The molecule has 3 N–H and O–H groups in total. The zero-order valence-corrected chi connectivity index (χ0v) is 19.1. The summed E-state index contributed by atoms with van der Waals surface area (Å²) in [7, 11) is 0.223. The first kappa shape index (κ1) is 24.4. The molecule has 0 radical (unpaired) electrons. The molecule has 0 bridgehead atoms. The summed E-state index contributed by atoms with van der Waals surface area (Å²) >= 11 is 0.